The lowest BCUT2D eigenvalue weighted by Gasteiger charge is -2.34. The fourth-order valence-electron chi connectivity index (χ4n) is 7.20. The van der Waals surface area contributed by atoms with E-state index in [-0.39, 0.29) is 46.4 Å². The number of hydrogen-bond donors (Lipinski definition) is 2. The number of phenolic OH excluding ortho intramolecular Hbond substituents is 1. The molecule has 0 unspecified atom stereocenters. The van der Waals surface area contributed by atoms with Gasteiger partial charge in [-0.2, -0.15) is 9.97 Å². The molecular formula is C30H34ClF2N5O2. The Morgan fingerprint density at radius 1 is 1.20 bits per heavy atom. The zero-order valence-corrected chi connectivity index (χ0v) is 23.4. The second-order valence-corrected chi connectivity index (χ2v) is 12.8. The summed E-state index contributed by atoms with van der Waals surface area (Å²) < 4.78 is 37.2. The predicted molar refractivity (Wildman–Crippen MR) is 149 cm³/mol. The van der Waals surface area contributed by atoms with Crippen molar-refractivity contribution in [3.05, 3.63) is 40.4 Å². The molecule has 1 aromatic carbocycles. The molecule has 4 fully saturated rings. The lowest BCUT2D eigenvalue weighted by molar-refractivity contribution is 0.107. The van der Waals surface area contributed by atoms with E-state index in [0.717, 1.165) is 69.4 Å². The fourth-order valence-corrected chi connectivity index (χ4v) is 7.57. The average molecular weight is 570 g/mol. The molecular weight excluding hydrogens is 536 g/mol. The Morgan fingerprint density at radius 3 is 2.77 bits per heavy atom. The molecule has 3 aliphatic heterocycles. The van der Waals surface area contributed by atoms with Crippen molar-refractivity contribution in [2.75, 3.05) is 32.8 Å². The van der Waals surface area contributed by atoms with Crippen molar-refractivity contribution in [2.45, 2.75) is 74.9 Å². The molecule has 5 heterocycles. The highest BCUT2D eigenvalue weighted by Crippen LogP contribution is 2.49. The number of aromatic nitrogens is 3. The van der Waals surface area contributed by atoms with Gasteiger partial charge in [-0.3, -0.25) is 9.88 Å². The molecule has 10 heteroatoms. The van der Waals surface area contributed by atoms with Gasteiger partial charge in [0.1, 0.15) is 29.7 Å². The van der Waals surface area contributed by atoms with Crippen molar-refractivity contribution in [1.29, 1.82) is 0 Å². The van der Waals surface area contributed by atoms with Crippen LogP contribution in [0.3, 0.4) is 0 Å². The Labute approximate surface area is 237 Å². The van der Waals surface area contributed by atoms with Crippen LogP contribution >= 0.6 is 11.6 Å². The lowest BCUT2D eigenvalue weighted by atomic mass is 9.77. The first-order chi connectivity index (χ1) is 19.3. The number of halogens is 3. The number of benzene rings is 1. The van der Waals surface area contributed by atoms with Crippen LogP contribution in [0, 0.1) is 5.82 Å². The summed E-state index contributed by atoms with van der Waals surface area (Å²) in [6, 6.07) is 3.14. The molecule has 4 aliphatic rings. The van der Waals surface area contributed by atoms with Crippen LogP contribution in [-0.4, -0.2) is 69.5 Å². The lowest BCUT2D eigenvalue weighted by Crippen LogP contribution is -2.43. The quantitative estimate of drug-likeness (QED) is 0.396. The van der Waals surface area contributed by atoms with Gasteiger partial charge in [0, 0.05) is 40.5 Å². The summed E-state index contributed by atoms with van der Waals surface area (Å²) in [7, 11) is 0. The first-order valence-electron chi connectivity index (χ1n) is 14.4. The van der Waals surface area contributed by atoms with Crippen LogP contribution in [0.4, 0.5) is 8.78 Å². The topological polar surface area (TPSA) is 83.4 Å². The molecule has 7 rings (SSSR count). The van der Waals surface area contributed by atoms with Crippen LogP contribution in [0.1, 0.15) is 69.0 Å². The number of nitrogens with one attached hydrogen (secondary N) is 1. The van der Waals surface area contributed by atoms with Crippen LogP contribution in [0.2, 0.25) is 5.02 Å². The highest BCUT2D eigenvalue weighted by atomic mass is 35.5. The van der Waals surface area contributed by atoms with Gasteiger partial charge in [-0.1, -0.05) is 18.5 Å². The van der Waals surface area contributed by atoms with Gasteiger partial charge >= 0.3 is 6.01 Å². The van der Waals surface area contributed by atoms with E-state index >= 15 is 4.39 Å². The molecule has 212 valence electrons. The van der Waals surface area contributed by atoms with Gasteiger partial charge in [-0.15, -0.1) is 0 Å². The molecule has 0 amide bonds. The molecule has 3 saturated heterocycles. The third kappa shape index (κ3) is 4.41. The van der Waals surface area contributed by atoms with E-state index in [1.807, 2.05) is 0 Å². The summed E-state index contributed by atoms with van der Waals surface area (Å²) in [5, 5.41) is 14.7. The monoisotopic (exact) mass is 569 g/mol. The molecule has 7 nitrogen and oxygen atoms in total. The number of phenols is 1. The van der Waals surface area contributed by atoms with Gasteiger partial charge < -0.3 is 15.2 Å². The van der Waals surface area contributed by atoms with Gasteiger partial charge in [0.25, 0.3) is 0 Å². The summed E-state index contributed by atoms with van der Waals surface area (Å²) in [5.41, 5.74) is 1.58. The number of rotatable bonds is 6. The maximum absolute atomic E-state index is 16.5. The molecule has 40 heavy (non-hydrogen) atoms. The zero-order valence-electron chi connectivity index (χ0n) is 22.7. The Bertz CT molecular complexity index is 1480. The maximum atomic E-state index is 16.5. The number of nitrogens with zero attached hydrogens (tertiary/aromatic N) is 4. The van der Waals surface area contributed by atoms with E-state index in [2.05, 4.69) is 27.1 Å². The molecule has 0 radical (unpaired) electrons. The summed E-state index contributed by atoms with van der Waals surface area (Å²) in [6.45, 7) is 5.36. The summed E-state index contributed by atoms with van der Waals surface area (Å²) in [5.74, 6) is -0.409. The minimum Gasteiger partial charge on any atom is -0.508 e. The number of ether oxygens (including phenoxy) is 1. The highest BCUT2D eigenvalue weighted by Gasteiger charge is 2.49. The molecule has 2 aromatic heterocycles. The van der Waals surface area contributed by atoms with Gasteiger partial charge in [-0.25, -0.2) is 8.78 Å². The van der Waals surface area contributed by atoms with E-state index in [0.29, 0.717) is 28.9 Å². The minimum absolute atomic E-state index is 0.0385. The van der Waals surface area contributed by atoms with Gasteiger partial charge in [0.15, 0.2) is 5.82 Å². The Morgan fingerprint density at radius 2 is 2.00 bits per heavy atom. The first-order valence-corrected chi connectivity index (χ1v) is 14.8. The molecule has 2 atom stereocenters. The maximum Gasteiger partial charge on any atom is 0.317 e. The molecule has 3 aromatic rings. The standard InChI is InChI=1S/C30H34ClF2N5O2/c1-29(6-8-34-9-7-29)27-21-14-35-25(20-11-19(39)12-22(31)23(20)17-3-4-17)24(33)26(21)36-28(37-27)40-16-30-5-2-10-38(30)15-18(32)13-30/h11-12,14,17-18,34,39H,2-10,13,15-16H2,1H3/t18-,30+/m1/s1. The highest BCUT2D eigenvalue weighted by molar-refractivity contribution is 6.32. The number of alkyl halides is 1. The van der Waals surface area contributed by atoms with Crippen LogP contribution in [-0.2, 0) is 5.41 Å². The number of aromatic hydroxyl groups is 1. The van der Waals surface area contributed by atoms with Crippen LogP contribution in [0.15, 0.2) is 18.3 Å². The van der Waals surface area contributed by atoms with E-state index in [1.165, 1.54) is 12.1 Å². The van der Waals surface area contributed by atoms with Crippen LogP contribution in [0.5, 0.6) is 11.8 Å². The minimum atomic E-state index is -0.869. The third-order valence-corrected chi connectivity index (χ3v) is 9.84. The molecule has 0 bridgehead atoms. The van der Waals surface area contributed by atoms with Crippen molar-refractivity contribution in [3.8, 4) is 23.0 Å². The van der Waals surface area contributed by atoms with Crippen molar-refractivity contribution in [3.63, 3.8) is 0 Å². The Hall–Kier alpha value is -2.62. The number of pyridine rings is 1. The number of hydrogen-bond acceptors (Lipinski definition) is 7. The van der Waals surface area contributed by atoms with E-state index < -0.39 is 12.0 Å². The zero-order chi connectivity index (χ0) is 27.6. The van der Waals surface area contributed by atoms with Crippen molar-refractivity contribution in [2.24, 2.45) is 0 Å². The van der Waals surface area contributed by atoms with Crippen LogP contribution in [0.25, 0.3) is 22.2 Å². The van der Waals surface area contributed by atoms with Crippen molar-refractivity contribution >= 4 is 22.5 Å². The van der Waals surface area contributed by atoms with Gasteiger partial charge in [-0.05, 0) is 81.8 Å². The molecule has 2 N–H and O–H groups in total. The second-order valence-electron chi connectivity index (χ2n) is 12.4. The Kier molecular flexibility index (Phi) is 6.40. The van der Waals surface area contributed by atoms with Gasteiger partial charge in [0.05, 0.1) is 11.2 Å². The molecule has 0 spiro atoms. The van der Waals surface area contributed by atoms with E-state index in [1.54, 1.807) is 6.20 Å². The third-order valence-electron chi connectivity index (χ3n) is 9.53. The number of piperidine rings is 1. The van der Waals surface area contributed by atoms with E-state index in [4.69, 9.17) is 21.3 Å². The van der Waals surface area contributed by atoms with Crippen LogP contribution < -0.4 is 10.1 Å². The predicted octanol–water partition coefficient (Wildman–Crippen LogP) is 5.66. The van der Waals surface area contributed by atoms with Crippen molar-refractivity contribution in [1.82, 2.24) is 25.2 Å². The molecule has 1 saturated carbocycles. The first kappa shape index (κ1) is 26.3. The summed E-state index contributed by atoms with van der Waals surface area (Å²) in [4.78, 5) is 16.2. The van der Waals surface area contributed by atoms with Gasteiger partial charge in [0.2, 0.25) is 0 Å². The fraction of sp³-hybridized carbons (Fsp3) is 0.567. The largest absolute Gasteiger partial charge is 0.508 e. The second kappa shape index (κ2) is 9.74. The molecule has 1 aliphatic carbocycles. The smallest absolute Gasteiger partial charge is 0.317 e. The van der Waals surface area contributed by atoms with Crippen molar-refractivity contribution < 1.29 is 18.6 Å². The summed E-state index contributed by atoms with van der Waals surface area (Å²) >= 11 is 6.53. The average Bonchev–Trinajstić information content (AvgIpc) is 3.61. The van der Waals surface area contributed by atoms with E-state index in [9.17, 15) is 9.50 Å². The number of fused-ring (bicyclic) bond motifs is 2. The summed E-state index contributed by atoms with van der Waals surface area (Å²) in [6.07, 6.45) is 6.66. The Balaban J connectivity index is 1.35. The SMILES string of the molecule is CC1(c2nc(OC[C@@]34CCCN3C[C@H](F)C4)nc3c(F)c(-c4cc(O)cc(Cl)c4C4CC4)ncc23)CCNCC1. The normalized spacial score (nSPS) is 26.4.